The summed E-state index contributed by atoms with van der Waals surface area (Å²) in [5, 5.41) is 31.7. The normalized spacial score (nSPS) is 23.5. The van der Waals surface area contributed by atoms with Crippen molar-refractivity contribution in [2.75, 3.05) is 0 Å². The number of aliphatic hydroxyl groups is 1. The van der Waals surface area contributed by atoms with Gasteiger partial charge in [0.2, 0.25) is 0 Å². The van der Waals surface area contributed by atoms with Crippen LogP contribution < -0.4 is 0 Å². The fourth-order valence-electron chi connectivity index (χ4n) is 4.35. The standard InChI is InChI=1S/C20H19N3O4S/c1-10-16-14(15(9-21)19(28)22-10)8-20(3,25)18(11(2)24)17(16)12-4-6-13(7-5-12)23(26)27/h4-7,17-18,25H,8H2,1-3H3,(H,22,28). The number of H-pyrrole nitrogens is 1. The summed E-state index contributed by atoms with van der Waals surface area (Å²) < 4.78 is 0.290. The molecule has 7 nitrogen and oxygen atoms in total. The average Bonchev–Trinajstić information content (AvgIpc) is 2.59. The number of Topliss-reactive ketones (excluding diaryl/α,β-unsaturated/α-hetero) is 1. The van der Waals surface area contributed by atoms with Gasteiger partial charge in [-0.25, -0.2) is 0 Å². The van der Waals surface area contributed by atoms with E-state index >= 15 is 0 Å². The minimum absolute atomic E-state index is 0.0622. The minimum atomic E-state index is -1.40. The Labute approximate surface area is 166 Å². The molecular weight excluding hydrogens is 378 g/mol. The highest BCUT2D eigenvalue weighted by Gasteiger charge is 2.48. The average molecular weight is 397 g/mol. The Morgan fingerprint density at radius 1 is 1.43 bits per heavy atom. The van der Waals surface area contributed by atoms with E-state index in [2.05, 4.69) is 11.1 Å². The molecule has 8 heteroatoms. The molecular formula is C20H19N3O4S. The molecule has 3 atom stereocenters. The molecule has 0 aliphatic heterocycles. The number of hydrogen-bond donors (Lipinski definition) is 2. The number of nitro groups is 1. The lowest BCUT2D eigenvalue weighted by atomic mass is 9.62. The number of carbonyl (C=O) groups excluding carboxylic acids is 1. The number of carbonyl (C=O) groups is 1. The minimum Gasteiger partial charge on any atom is -0.389 e. The molecule has 3 rings (SSSR count). The van der Waals surface area contributed by atoms with Crippen LogP contribution in [0.4, 0.5) is 5.69 Å². The van der Waals surface area contributed by atoms with E-state index in [0.29, 0.717) is 21.5 Å². The van der Waals surface area contributed by atoms with Gasteiger partial charge in [0.05, 0.1) is 22.0 Å². The van der Waals surface area contributed by atoms with Crippen molar-refractivity contribution in [3.8, 4) is 6.07 Å². The van der Waals surface area contributed by atoms with Crippen molar-refractivity contribution >= 4 is 23.7 Å². The van der Waals surface area contributed by atoms with E-state index in [1.807, 2.05) is 6.92 Å². The van der Waals surface area contributed by atoms with E-state index < -0.39 is 22.4 Å². The molecule has 1 aromatic carbocycles. The smallest absolute Gasteiger partial charge is 0.269 e. The van der Waals surface area contributed by atoms with Crippen LogP contribution in [0.5, 0.6) is 0 Å². The maximum atomic E-state index is 12.6. The summed E-state index contributed by atoms with van der Waals surface area (Å²) in [6.45, 7) is 4.82. The van der Waals surface area contributed by atoms with Crippen molar-refractivity contribution in [3.63, 3.8) is 0 Å². The molecule has 28 heavy (non-hydrogen) atoms. The number of nitrogens with one attached hydrogen (secondary N) is 1. The third kappa shape index (κ3) is 3.13. The zero-order valence-corrected chi connectivity index (χ0v) is 16.5. The second kappa shape index (κ2) is 6.93. The number of hydrogen-bond acceptors (Lipinski definition) is 6. The molecule has 0 amide bonds. The summed E-state index contributed by atoms with van der Waals surface area (Å²) in [5.41, 5.74) is 1.55. The number of ketones is 1. The van der Waals surface area contributed by atoms with Crippen molar-refractivity contribution in [1.82, 2.24) is 4.98 Å². The second-order valence-corrected chi connectivity index (χ2v) is 7.81. The SMILES string of the molecule is CC(=O)C1C(c2ccc([N+](=O)[O-])cc2)c2c(C)[nH]c(=S)c(C#N)c2CC1(C)O. The van der Waals surface area contributed by atoms with Gasteiger partial charge in [-0.1, -0.05) is 24.4 Å². The van der Waals surface area contributed by atoms with E-state index in [1.54, 1.807) is 19.1 Å². The van der Waals surface area contributed by atoms with Gasteiger partial charge < -0.3 is 10.1 Å². The molecule has 144 valence electrons. The van der Waals surface area contributed by atoms with Crippen LogP contribution in [0.1, 0.15) is 47.7 Å². The van der Waals surface area contributed by atoms with Gasteiger partial charge in [-0.2, -0.15) is 5.26 Å². The Kier molecular flexibility index (Phi) is 4.91. The predicted octanol–water partition coefficient (Wildman–Crippen LogP) is 3.48. The fraction of sp³-hybridized carbons (Fsp3) is 0.350. The van der Waals surface area contributed by atoms with Crippen LogP contribution in [0.25, 0.3) is 0 Å². The highest BCUT2D eigenvalue weighted by molar-refractivity contribution is 7.71. The number of aromatic nitrogens is 1. The number of fused-ring (bicyclic) bond motifs is 1. The Bertz CT molecular complexity index is 1080. The van der Waals surface area contributed by atoms with Crippen molar-refractivity contribution in [1.29, 1.82) is 5.26 Å². The van der Waals surface area contributed by atoms with E-state index in [9.17, 15) is 25.3 Å². The Balaban J connectivity index is 2.35. The molecule has 3 unspecified atom stereocenters. The molecule has 0 radical (unpaired) electrons. The van der Waals surface area contributed by atoms with Crippen LogP contribution in [0, 0.1) is 38.9 Å². The van der Waals surface area contributed by atoms with Gasteiger partial charge >= 0.3 is 0 Å². The van der Waals surface area contributed by atoms with Gasteiger partial charge in [0.15, 0.2) is 0 Å². The van der Waals surface area contributed by atoms with Crippen LogP contribution in [0.3, 0.4) is 0 Å². The molecule has 1 heterocycles. The maximum Gasteiger partial charge on any atom is 0.269 e. The summed E-state index contributed by atoms with van der Waals surface area (Å²) in [7, 11) is 0. The number of aryl methyl sites for hydroxylation is 1. The van der Waals surface area contributed by atoms with Crippen LogP contribution in [-0.4, -0.2) is 26.4 Å². The Hall–Kier alpha value is -2.89. The summed E-state index contributed by atoms with van der Waals surface area (Å²) in [4.78, 5) is 26.1. The number of nitriles is 1. The van der Waals surface area contributed by atoms with Gasteiger partial charge in [0.1, 0.15) is 16.5 Å². The van der Waals surface area contributed by atoms with Gasteiger partial charge in [0, 0.05) is 30.2 Å². The first kappa shape index (κ1) is 19.9. The molecule has 0 bridgehead atoms. The Morgan fingerprint density at radius 3 is 2.54 bits per heavy atom. The number of non-ortho nitro benzene ring substituents is 1. The highest BCUT2D eigenvalue weighted by Crippen LogP contribution is 2.48. The van der Waals surface area contributed by atoms with Crippen molar-refractivity contribution < 1.29 is 14.8 Å². The molecule has 1 aliphatic carbocycles. The lowest BCUT2D eigenvalue weighted by Gasteiger charge is -2.43. The third-order valence-electron chi connectivity index (χ3n) is 5.42. The van der Waals surface area contributed by atoms with Crippen LogP contribution in [-0.2, 0) is 11.2 Å². The third-order valence-corrected chi connectivity index (χ3v) is 5.73. The van der Waals surface area contributed by atoms with Crippen LogP contribution in [0.15, 0.2) is 24.3 Å². The summed E-state index contributed by atoms with van der Waals surface area (Å²) in [5.74, 6) is -1.52. The molecule has 1 aromatic heterocycles. The number of nitrogens with zero attached hydrogens (tertiary/aromatic N) is 2. The maximum absolute atomic E-state index is 12.6. The molecule has 0 fully saturated rings. The first-order valence-electron chi connectivity index (χ1n) is 8.71. The van der Waals surface area contributed by atoms with Gasteiger partial charge in [0.25, 0.3) is 5.69 Å². The number of rotatable bonds is 3. The fourth-order valence-corrected chi connectivity index (χ4v) is 4.67. The zero-order chi connectivity index (χ0) is 20.8. The monoisotopic (exact) mass is 397 g/mol. The van der Waals surface area contributed by atoms with Crippen molar-refractivity contribution in [2.45, 2.75) is 38.7 Å². The Morgan fingerprint density at radius 2 is 2.04 bits per heavy atom. The van der Waals surface area contributed by atoms with Gasteiger partial charge in [-0.15, -0.1) is 0 Å². The van der Waals surface area contributed by atoms with Crippen molar-refractivity contribution in [2.24, 2.45) is 5.92 Å². The quantitative estimate of drug-likeness (QED) is 0.465. The number of pyridine rings is 1. The lowest BCUT2D eigenvalue weighted by molar-refractivity contribution is -0.384. The lowest BCUT2D eigenvalue weighted by Crippen LogP contribution is -2.48. The van der Waals surface area contributed by atoms with E-state index in [1.165, 1.54) is 19.1 Å². The van der Waals surface area contributed by atoms with Crippen LogP contribution in [0.2, 0.25) is 0 Å². The second-order valence-electron chi connectivity index (χ2n) is 7.41. The zero-order valence-electron chi connectivity index (χ0n) is 15.6. The van der Waals surface area contributed by atoms with E-state index in [0.717, 1.165) is 5.56 Å². The first-order valence-corrected chi connectivity index (χ1v) is 9.12. The summed E-state index contributed by atoms with van der Waals surface area (Å²) in [6, 6.07) is 8.05. The summed E-state index contributed by atoms with van der Waals surface area (Å²) >= 11 is 5.28. The van der Waals surface area contributed by atoms with E-state index in [-0.39, 0.29) is 23.5 Å². The van der Waals surface area contributed by atoms with Crippen LogP contribution >= 0.6 is 12.2 Å². The molecule has 2 N–H and O–H groups in total. The number of benzene rings is 1. The highest BCUT2D eigenvalue weighted by atomic mass is 32.1. The molecule has 2 aromatic rings. The summed E-state index contributed by atoms with van der Waals surface area (Å²) in [6.07, 6.45) is 0.123. The molecule has 0 saturated heterocycles. The molecule has 1 aliphatic rings. The topological polar surface area (TPSA) is 120 Å². The van der Waals surface area contributed by atoms with Gasteiger partial charge in [-0.05, 0) is 37.5 Å². The molecule has 0 spiro atoms. The number of aromatic amines is 1. The number of nitro benzene ring substituents is 1. The molecule has 0 saturated carbocycles. The largest absolute Gasteiger partial charge is 0.389 e. The first-order chi connectivity index (χ1) is 13.1. The van der Waals surface area contributed by atoms with Crippen molar-refractivity contribution in [3.05, 3.63) is 67.0 Å². The van der Waals surface area contributed by atoms with Gasteiger partial charge in [-0.3, -0.25) is 14.9 Å². The predicted molar refractivity (Wildman–Crippen MR) is 105 cm³/mol. The van der Waals surface area contributed by atoms with E-state index in [4.69, 9.17) is 12.2 Å².